The Morgan fingerprint density at radius 1 is 1.20 bits per heavy atom. The minimum Gasteiger partial charge on any atom is -0.481 e. The number of fused-ring (bicyclic) bond motifs is 4. The Balaban J connectivity index is 1.17. The number of rotatable bonds is 5. The number of aryl methyl sites for hydroxylation is 1. The molecular formula is C27H34N2O6. The van der Waals surface area contributed by atoms with Gasteiger partial charge < -0.3 is 24.5 Å². The van der Waals surface area contributed by atoms with Crippen LogP contribution in [0.2, 0.25) is 0 Å². The van der Waals surface area contributed by atoms with Crippen molar-refractivity contribution in [1.29, 1.82) is 0 Å². The molecule has 1 saturated heterocycles. The highest BCUT2D eigenvalue weighted by molar-refractivity contribution is 5.87. The molecule has 5 rings (SSSR count). The zero-order chi connectivity index (χ0) is 24.6. The molecule has 2 heterocycles. The minimum absolute atomic E-state index is 0.101. The average molecular weight is 483 g/mol. The fourth-order valence-electron chi connectivity index (χ4n) is 5.97. The van der Waals surface area contributed by atoms with Gasteiger partial charge in [0.1, 0.15) is 11.3 Å². The SMILES string of the molecule is C[C@@H](Oc1ccc2c3c(c(=O)oc2c1)CCCC3)C(=O)NCC(=O)N1CC[C@]2(O)CCCC[C@@H]2C1. The van der Waals surface area contributed by atoms with Crippen molar-refractivity contribution in [3.8, 4) is 5.75 Å². The van der Waals surface area contributed by atoms with Crippen LogP contribution in [-0.2, 0) is 22.4 Å². The van der Waals surface area contributed by atoms with Gasteiger partial charge in [0.2, 0.25) is 5.91 Å². The first-order valence-electron chi connectivity index (χ1n) is 12.9. The number of carbonyl (C=O) groups is 2. The highest BCUT2D eigenvalue weighted by Crippen LogP contribution is 2.39. The topological polar surface area (TPSA) is 109 Å². The van der Waals surface area contributed by atoms with Crippen LogP contribution >= 0.6 is 0 Å². The maximum Gasteiger partial charge on any atom is 0.339 e. The lowest BCUT2D eigenvalue weighted by atomic mass is 9.71. The molecule has 0 unspecified atom stereocenters. The third-order valence-electron chi connectivity index (χ3n) is 8.07. The van der Waals surface area contributed by atoms with Crippen molar-refractivity contribution < 1.29 is 23.8 Å². The molecule has 2 N–H and O–H groups in total. The van der Waals surface area contributed by atoms with E-state index in [4.69, 9.17) is 9.15 Å². The van der Waals surface area contributed by atoms with Gasteiger partial charge in [0, 0.05) is 36.0 Å². The van der Waals surface area contributed by atoms with Gasteiger partial charge in [-0.25, -0.2) is 4.79 Å². The summed E-state index contributed by atoms with van der Waals surface area (Å²) in [4.78, 5) is 39.4. The first kappa shape index (κ1) is 23.9. The van der Waals surface area contributed by atoms with Gasteiger partial charge in [0.15, 0.2) is 6.10 Å². The molecule has 1 aromatic heterocycles. The molecule has 1 aliphatic heterocycles. The van der Waals surface area contributed by atoms with Gasteiger partial charge in [-0.1, -0.05) is 12.8 Å². The maximum absolute atomic E-state index is 12.7. The van der Waals surface area contributed by atoms with Crippen LogP contribution in [0.3, 0.4) is 0 Å². The van der Waals surface area contributed by atoms with Gasteiger partial charge in [-0.05, 0) is 69.6 Å². The lowest BCUT2D eigenvalue weighted by Crippen LogP contribution is -2.56. The third kappa shape index (κ3) is 4.81. The van der Waals surface area contributed by atoms with Gasteiger partial charge in [0.05, 0.1) is 12.1 Å². The number of piperidine rings is 1. The van der Waals surface area contributed by atoms with Gasteiger partial charge in [-0.2, -0.15) is 0 Å². The molecule has 0 bridgehead atoms. The molecule has 35 heavy (non-hydrogen) atoms. The van der Waals surface area contributed by atoms with E-state index in [9.17, 15) is 19.5 Å². The molecule has 2 aromatic rings. The van der Waals surface area contributed by atoms with Crippen molar-refractivity contribution in [2.75, 3.05) is 19.6 Å². The van der Waals surface area contributed by atoms with E-state index < -0.39 is 17.6 Å². The van der Waals surface area contributed by atoms with Crippen LogP contribution in [0.25, 0.3) is 11.0 Å². The number of carbonyl (C=O) groups excluding carboxylic acids is 2. The summed E-state index contributed by atoms with van der Waals surface area (Å²) in [7, 11) is 0. The van der Waals surface area contributed by atoms with E-state index in [0.29, 0.717) is 30.8 Å². The quantitative estimate of drug-likeness (QED) is 0.635. The fourth-order valence-corrected chi connectivity index (χ4v) is 5.97. The summed E-state index contributed by atoms with van der Waals surface area (Å²) in [6.45, 7) is 2.58. The Bertz CT molecular complexity index is 1190. The summed E-state index contributed by atoms with van der Waals surface area (Å²) in [5, 5.41) is 14.4. The molecule has 8 nitrogen and oxygen atoms in total. The van der Waals surface area contributed by atoms with Crippen molar-refractivity contribution in [1.82, 2.24) is 10.2 Å². The summed E-state index contributed by atoms with van der Waals surface area (Å²) in [6, 6.07) is 5.32. The molecule has 3 aliphatic rings. The van der Waals surface area contributed by atoms with Gasteiger partial charge >= 0.3 is 5.63 Å². The van der Waals surface area contributed by atoms with E-state index in [1.54, 1.807) is 24.0 Å². The number of hydrogen-bond acceptors (Lipinski definition) is 6. The van der Waals surface area contributed by atoms with E-state index in [2.05, 4.69) is 5.32 Å². The normalized spacial score (nSPS) is 24.9. The fraction of sp³-hybridized carbons (Fsp3) is 0.593. The number of nitrogens with one attached hydrogen (secondary N) is 1. The van der Waals surface area contributed by atoms with Crippen LogP contribution in [0.1, 0.15) is 63.0 Å². The van der Waals surface area contributed by atoms with Crippen molar-refractivity contribution in [2.24, 2.45) is 5.92 Å². The molecule has 8 heteroatoms. The second-order valence-corrected chi connectivity index (χ2v) is 10.3. The van der Waals surface area contributed by atoms with E-state index >= 15 is 0 Å². The highest BCUT2D eigenvalue weighted by Gasteiger charge is 2.43. The minimum atomic E-state index is -0.825. The number of nitrogens with zero attached hydrogens (tertiary/aromatic N) is 1. The Morgan fingerprint density at radius 3 is 2.83 bits per heavy atom. The average Bonchev–Trinajstić information content (AvgIpc) is 2.86. The number of aliphatic hydroxyl groups is 1. The molecule has 2 amide bonds. The van der Waals surface area contributed by atoms with Crippen molar-refractivity contribution in [2.45, 2.75) is 76.4 Å². The molecule has 0 spiro atoms. The Labute approximate surface area is 204 Å². The van der Waals surface area contributed by atoms with E-state index in [1.165, 1.54) is 0 Å². The second-order valence-electron chi connectivity index (χ2n) is 10.3. The number of amides is 2. The summed E-state index contributed by atoms with van der Waals surface area (Å²) >= 11 is 0. The third-order valence-corrected chi connectivity index (χ3v) is 8.07. The molecule has 2 aliphatic carbocycles. The van der Waals surface area contributed by atoms with Crippen LogP contribution < -0.4 is 15.7 Å². The molecular weight excluding hydrogens is 448 g/mol. The number of likely N-dealkylation sites (tertiary alicyclic amines) is 1. The molecule has 2 fully saturated rings. The van der Waals surface area contributed by atoms with Crippen molar-refractivity contribution >= 4 is 22.8 Å². The number of benzene rings is 1. The lowest BCUT2D eigenvalue weighted by molar-refractivity contribution is -0.144. The first-order valence-corrected chi connectivity index (χ1v) is 12.9. The second kappa shape index (κ2) is 9.64. The van der Waals surface area contributed by atoms with Crippen molar-refractivity contribution in [3.63, 3.8) is 0 Å². The standard InChI is InChI=1S/C27H34N2O6/c1-17(25(31)28-15-24(30)29-13-12-27(33)11-5-4-6-18(27)16-29)34-19-9-10-21-20-7-2-3-8-22(20)26(32)35-23(21)14-19/h9-10,14,17-18,33H,2-8,11-13,15-16H2,1H3,(H,28,31)/t17-,18-,27-/m1/s1. The monoisotopic (exact) mass is 482 g/mol. The lowest BCUT2D eigenvalue weighted by Gasteiger charge is -2.47. The van der Waals surface area contributed by atoms with Gasteiger partial charge in [0.25, 0.3) is 5.91 Å². The Hall–Kier alpha value is -2.87. The molecule has 0 radical (unpaired) electrons. The molecule has 188 valence electrons. The largest absolute Gasteiger partial charge is 0.481 e. The Morgan fingerprint density at radius 2 is 2.00 bits per heavy atom. The molecule has 3 atom stereocenters. The summed E-state index contributed by atoms with van der Waals surface area (Å²) in [5.41, 5.74) is 1.36. The van der Waals surface area contributed by atoms with Crippen LogP contribution in [-0.4, -0.2) is 53.2 Å². The number of hydrogen-bond donors (Lipinski definition) is 2. The van der Waals surface area contributed by atoms with Gasteiger partial charge in [-0.15, -0.1) is 0 Å². The summed E-state index contributed by atoms with van der Waals surface area (Å²) in [6.07, 6.45) is 7.31. The van der Waals surface area contributed by atoms with E-state index in [1.807, 2.05) is 6.07 Å². The number of ether oxygens (including phenoxy) is 1. The van der Waals surface area contributed by atoms with Gasteiger partial charge in [-0.3, -0.25) is 9.59 Å². The van der Waals surface area contributed by atoms with E-state index in [-0.39, 0.29) is 24.0 Å². The highest BCUT2D eigenvalue weighted by atomic mass is 16.5. The smallest absolute Gasteiger partial charge is 0.339 e. The summed E-state index contributed by atoms with van der Waals surface area (Å²) in [5.74, 6) is 0.00965. The zero-order valence-electron chi connectivity index (χ0n) is 20.3. The Kier molecular flexibility index (Phi) is 6.57. The molecule has 1 saturated carbocycles. The first-order chi connectivity index (χ1) is 16.8. The van der Waals surface area contributed by atoms with Crippen molar-refractivity contribution in [3.05, 3.63) is 39.7 Å². The predicted octanol–water partition coefficient (Wildman–Crippen LogP) is 2.71. The van der Waals surface area contributed by atoms with Crippen LogP contribution in [0, 0.1) is 5.92 Å². The summed E-state index contributed by atoms with van der Waals surface area (Å²) < 4.78 is 11.3. The van der Waals surface area contributed by atoms with Crippen LogP contribution in [0.5, 0.6) is 5.75 Å². The zero-order valence-corrected chi connectivity index (χ0v) is 20.3. The molecule has 1 aromatic carbocycles. The maximum atomic E-state index is 12.7. The van der Waals surface area contributed by atoms with Crippen LogP contribution in [0.4, 0.5) is 0 Å². The van der Waals surface area contributed by atoms with Crippen LogP contribution in [0.15, 0.2) is 27.4 Å². The predicted molar refractivity (Wildman–Crippen MR) is 130 cm³/mol. The van der Waals surface area contributed by atoms with E-state index in [0.717, 1.165) is 67.9 Å².